The molecule has 0 radical (unpaired) electrons. The third-order valence-electron chi connectivity index (χ3n) is 1.21. The van der Waals surface area contributed by atoms with E-state index in [1.54, 1.807) is 18.5 Å². The normalized spacial score (nSPS) is 12.2. The van der Waals surface area contributed by atoms with Crippen LogP contribution in [0.2, 0.25) is 13.1 Å². The fourth-order valence-corrected chi connectivity index (χ4v) is 1.40. The molecule has 0 aliphatic heterocycles. The van der Waals surface area contributed by atoms with E-state index < -0.39 is 7.38 Å². The summed E-state index contributed by atoms with van der Waals surface area (Å²) >= 11 is 6.08. The van der Waals surface area contributed by atoms with Crippen molar-refractivity contribution >= 4 is 24.5 Å². The standard InChI is InChI=1S/C8H11ClN2Si/c1-12(2,9)7-4-8-10-5-3-6-11-8/h3-7H,1-2H3/b7-4+. The van der Waals surface area contributed by atoms with Crippen LogP contribution in [0.1, 0.15) is 5.82 Å². The molecule has 0 aromatic carbocycles. The zero-order valence-corrected chi connectivity index (χ0v) is 8.92. The summed E-state index contributed by atoms with van der Waals surface area (Å²) in [5.74, 6) is 0.721. The maximum absolute atomic E-state index is 6.08. The summed E-state index contributed by atoms with van der Waals surface area (Å²) in [6.45, 7) is 4.10. The molecule has 1 rings (SSSR count). The van der Waals surface area contributed by atoms with Gasteiger partial charge in [0.25, 0.3) is 0 Å². The molecular weight excluding hydrogens is 188 g/mol. The van der Waals surface area contributed by atoms with Gasteiger partial charge in [-0.2, -0.15) is 11.1 Å². The Morgan fingerprint density at radius 3 is 2.42 bits per heavy atom. The molecule has 0 N–H and O–H groups in total. The zero-order chi connectivity index (χ0) is 9.03. The molecule has 1 aromatic rings. The Morgan fingerprint density at radius 2 is 1.92 bits per heavy atom. The van der Waals surface area contributed by atoms with Gasteiger partial charge in [0.15, 0.2) is 13.2 Å². The summed E-state index contributed by atoms with van der Waals surface area (Å²) in [6.07, 6.45) is 5.31. The molecule has 2 nitrogen and oxygen atoms in total. The molecule has 0 fully saturated rings. The van der Waals surface area contributed by atoms with Crippen LogP contribution in [0.4, 0.5) is 0 Å². The van der Waals surface area contributed by atoms with Crippen molar-refractivity contribution in [2.75, 3.05) is 0 Å². The molecule has 0 saturated carbocycles. The molecule has 64 valence electrons. The van der Waals surface area contributed by atoms with Crippen LogP contribution >= 0.6 is 11.1 Å². The largest absolute Gasteiger partial charge is 0.237 e. The quantitative estimate of drug-likeness (QED) is 0.539. The Morgan fingerprint density at radius 1 is 1.33 bits per heavy atom. The fourth-order valence-electron chi connectivity index (χ4n) is 0.669. The maximum atomic E-state index is 6.08. The van der Waals surface area contributed by atoms with E-state index in [-0.39, 0.29) is 0 Å². The fraction of sp³-hybridized carbons (Fsp3) is 0.250. The molecule has 0 spiro atoms. The minimum absolute atomic E-state index is 0.721. The molecule has 0 saturated heterocycles. The topological polar surface area (TPSA) is 25.8 Å². The van der Waals surface area contributed by atoms with Crippen molar-refractivity contribution in [2.24, 2.45) is 0 Å². The van der Waals surface area contributed by atoms with Crippen LogP contribution in [0.3, 0.4) is 0 Å². The van der Waals surface area contributed by atoms with Gasteiger partial charge in [0.05, 0.1) is 0 Å². The summed E-state index contributed by atoms with van der Waals surface area (Å²) in [6, 6.07) is 1.79. The van der Waals surface area contributed by atoms with E-state index in [4.69, 9.17) is 11.1 Å². The second-order valence-corrected chi connectivity index (χ2v) is 9.39. The summed E-state index contributed by atoms with van der Waals surface area (Å²) < 4.78 is 0. The molecule has 4 heteroatoms. The molecule has 0 aliphatic rings. The van der Waals surface area contributed by atoms with Gasteiger partial charge < -0.3 is 0 Å². The predicted molar refractivity (Wildman–Crippen MR) is 54.4 cm³/mol. The molecule has 12 heavy (non-hydrogen) atoms. The summed E-state index contributed by atoms with van der Waals surface area (Å²) in [5, 5.41) is 0. The highest BCUT2D eigenvalue weighted by Gasteiger charge is 2.10. The van der Waals surface area contributed by atoms with E-state index in [1.807, 2.05) is 24.9 Å². The van der Waals surface area contributed by atoms with Crippen LogP contribution < -0.4 is 0 Å². The first-order valence-corrected chi connectivity index (χ1v) is 7.82. The van der Waals surface area contributed by atoms with E-state index in [0.29, 0.717) is 0 Å². The minimum Gasteiger partial charge on any atom is -0.237 e. The van der Waals surface area contributed by atoms with Crippen molar-refractivity contribution < 1.29 is 0 Å². The SMILES string of the molecule is C[Si](C)(Cl)/C=C/c1ncccn1. The first kappa shape index (κ1) is 9.42. The number of hydrogen-bond donors (Lipinski definition) is 0. The Balaban J connectivity index is 2.71. The minimum atomic E-state index is -1.63. The summed E-state index contributed by atoms with van der Waals surface area (Å²) in [7, 11) is -1.63. The van der Waals surface area contributed by atoms with Crippen LogP contribution in [0.5, 0.6) is 0 Å². The van der Waals surface area contributed by atoms with Gasteiger partial charge in [-0.3, -0.25) is 0 Å². The van der Waals surface area contributed by atoms with Gasteiger partial charge in [-0.15, -0.1) is 0 Å². The van der Waals surface area contributed by atoms with Crippen LogP contribution in [0, 0.1) is 0 Å². The molecule has 0 unspecified atom stereocenters. The van der Waals surface area contributed by atoms with E-state index in [2.05, 4.69) is 9.97 Å². The molecule has 0 aliphatic carbocycles. The van der Waals surface area contributed by atoms with Gasteiger partial charge in [-0.05, 0) is 12.1 Å². The molecule has 0 amide bonds. The molecule has 1 heterocycles. The second kappa shape index (κ2) is 3.82. The smallest absolute Gasteiger partial charge is 0.173 e. The van der Waals surface area contributed by atoms with Crippen LogP contribution in [0.15, 0.2) is 24.2 Å². The lowest BCUT2D eigenvalue weighted by Crippen LogP contribution is -2.11. The van der Waals surface area contributed by atoms with E-state index in [1.165, 1.54) is 0 Å². The van der Waals surface area contributed by atoms with E-state index >= 15 is 0 Å². The van der Waals surface area contributed by atoms with Crippen molar-refractivity contribution in [3.63, 3.8) is 0 Å². The molecule has 0 atom stereocenters. The highest BCUT2D eigenvalue weighted by atomic mass is 35.6. The number of aromatic nitrogens is 2. The second-order valence-electron chi connectivity index (χ2n) is 3.00. The van der Waals surface area contributed by atoms with Gasteiger partial charge in [0.2, 0.25) is 0 Å². The summed E-state index contributed by atoms with van der Waals surface area (Å²) in [5.41, 5.74) is 2.00. The van der Waals surface area contributed by atoms with Crippen LogP contribution in [0.25, 0.3) is 6.08 Å². The molecular formula is C8H11ClN2Si. The molecule has 0 bridgehead atoms. The van der Waals surface area contributed by atoms with E-state index in [0.717, 1.165) is 5.82 Å². The first-order chi connectivity index (χ1) is 5.58. The predicted octanol–water partition coefficient (Wildman–Crippen LogP) is 2.47. The number of rotatable bonds is 2. The number of halogens is 1. The lowest BCUT2D eigenvalue weighted by atomic mass is 10.5. The third-order valence-corrected chi connectivity index (χ3v) is 2.55. The number of hydrogen-bond acceptors (Lipinski definition) is 2. The average Bonchev–Trinajstić information content (AvgIpc) is 2.02. The van der Waals surface area contributed by atoms with Crippen LogP contribution in [-0.4, -0.2) is 17.4 Å². The van der Waals surface area contributed by atoms with E-state index in [9.17, 15) is 0 Å². The van der Waals surface area contributed by atoms with Gasteiger partial charge >= 0.3 is 0 Å². The monoisotopic (exact) mass is 198 g/mol. The highest BCUT2D eigenvalue weighted by Crippen LogP contribution is 2.10. The maximum Gasteiger partial charge on any atom is 0.173 e. The summed E-state index contributed by atoms with van der Waals surface area (Å²) in [4.78, 5) is 8.09. The Kier molecular flexibility index (Phi) is 3.00. The van der Waals surface area contributed by atoms with Crippen molar-refractivity contribution in [1.29, 1.82) is 0 Å². The van der Waals surface area contributed by atoms with Crippen molar-refractivity contribution in [3.05, 3.63) is 30.0 Å². The van der Waals surface area contributed by atoms with Crippen LogP contribution in [-0.2, 0) is 0 Å². The van der Waals surface area contributed by atoms with Crippen molar-refractivity contribution in [2.45, 2.75) is 13.1 Å². The Hall–Kier alpha value is -0.673. The zero-order valence-electron chi connectivity index (χ0n) is 7.16. The Labute approximate surface area is 78.0 Å². The van der Waals surface area contributed by atoms with Crippen molar-refractivity contribution in [3.8, 4) is 0 Å². The lowest BCUT2D eigenvalue weighted by Gasteiger charge is -2.03. The number of nitrogens with zero attached hydrogens (tertiary/aromatic N) is 2. The lowest BCUT2D eigenvalue weighted by molar-refractivity contribution is 1.13. The Bertz CT molecular complexity index is 266. The third kappa shape index (κ3) is 3.64. The van der Waals surface area contributed by atoms with Gasteiger partial charge in [-0.25, -0.2) is 9.97 Å². The first-order valence-electron chi connectivity index (χ1n) is 3.73. The average molecular weight is 199 g/mol. The van der Waals surface area contributed by atoms with Gasteiger partial charge in [0, 0.05) is 12.4 Å². The van der Waals surface area contributed by atoms with Crippen molar-refractivity contribution in [1.82, 2.24) is 9.97 Å². The van der Waals surface area contributed by atoms with Gasteiger partial charge in [-0.1, -0.05) is 18.8 Å². The van der Waals surface area contributed by atoms with Gasteiger partial charge in [0.1, 0.15) is 0 Å². The highest BCUT2D eigenvalue weighted by molar-refractivity contribution is 7.22. The molecule has 1 aromatic heterocycles.